The molecule has 1 rings (SSSR count). The molecule has 0 aromatic carbocycles. The maximum Gasteiger partial charge on any atom is 0.220 e. The lowest BCUT2D eigenvalue weighted by Crippen LogP contribution is -2.60. The van der Waals surface area contributed by atoms with Crippen LogP contribution in [0.4, 0.5) is 0 Å². The van der Waals surface area contributed by atoms with Gasteiger partial charge >= 0.3 is 0 Å². The molecule has 0 bridgehead atoms. The van der Waals surface area contributed by atoms with Crippen LogP contribution in [0.5, 0.6) is 0 Å². The molecule has 1 aliphatic rings. The van der Waals surface area contributed by atoms with Gasteiger partial charge in [0.05, 0.1) is 25.4 Å². The molecular formula is C49H85NO8. The first-order chi connectivity index (χ1) is 28.3. The van der Waals surface area contributed by atoms with Gasteiger partial charge in [0.15, 0.2) is 6.29 Å². The summed E-state index contributed by atoms with van der Waals surface area (Å²) in [5.74, 6) is -0.213. The summed E-state index contributed by atoms with van der Waals surface area (Å²) in [6, 6.07) is -0.837. The molecule has 0 radical (unpaired) electrons. The van der Waals surface area contributed by atoms with E-state index in [1.165, 1.54) is 77.0 Å². The Morgan fingerprint density at radius 2 is 1.09 bits per heavy atom. The maximum absolute atomic E-state index is 12.9. The van der Waals surface area contributed by atoms with Crippen LogP contribution in [0, 0.1) is 0 Å². The van der Waals surface area contributed by atoms with E-state index in [1.807, 2.05) is 6.08 Å². The monoisotopic (exact) mass is 816 g/mol. The predicted octanol–water partition coefficient (Wildman–Crippen LogP) is 9.78. The summed E-state index contributed by atoms with van der Waals surface area (Å²) in [4.78, 5) is 12.9. The Labute approximate surface area is 353 Å². The Kier molecular flexibility index (Phi) is 35.9. The maximum atomic E-state index is 12.9. The number of carbonyl (C=O) groups is 1. The second kappa shape index (κ2) is 38.8. The van der Waals surface area contributed by atoms with Gasteiger partial charge in [-0.25, -0.2) is 0 Å². The fourth-order valence-corrected chi connectivity index (χ4v) is 6.81. The van der Waals surface area contributed by atoms with Crippen molar-refractivity contribution >= 4 is 5.91 Å². The number of aliphatic hydroxyl groups excluding tert-OH is 5. The van der Waals surface area contributed by atoms with Gasteiger partial charge in [0.1, 0.15) is 24.4 Å². The van der Waals surface area contributed by atoms with E-state index in [-0.39, 0.29) is 12.5 Å². The van der Waals surface area contributed by atoms with E-state index in [1.54, 1.807) is 6.08 Å². The van der Waals surface area contributed by atoms with Crippen molar-refractivity contribution in [3.63, 3.8) is 0 Å². The minimum Gasteiger partial charge on any atom is -0.394 e. The topological polar surface area (TPSA) is 149 Å². The van der Waals surface area contributed by atoms with Gasteiger partial charge < -0.3 is 40.3 Å². The second-order valence-electron chi connectivity index (χ2n) is 15.8. The van der Waals surface area contributed by atoms with Crippen LogP contribution in [-0.2, 0) is 14.3 Å². The van der Waals surface area contributed by atoms with E-state index in [9.17, 15) is 30.3 Å². The zero-order valence-electron chi connectivity index (χ0n) is 36.5. The van der Waals surface area contributed by atoms with E-state index in [0.717, 1.165) is 77.0 Å². The molecule has 0 aromatic heterocycles. The molecule has 1 aliphatic heterocycles. The molecule has 7 atom stereocenters. The predicted molar refractivity (Wildman–Crippen MR) is 239 cm³/mol. The highest BCUT2D eigenvalue weighted by Gasteiger charge is 2.44. The minimum atomic E-state index is -1.58. The number of unbranched alkanes of at least 4 members (excludes halogenated alkanes) is 17. The number of allylic oxidation sites excluding steroid dienone is 11. The number of aliphatic hydroxyl groups is 5. The zero-order chi connectivity index (χ0) is 42.3. The van der Waals surface area contributed by atoms with Crippen molar-refractivity contribution in [2.24, 2.45) is 0 Å². The summed E-state index contributed by atoms with van der Waals surface area (Å²) < 4.78 is 11.2. The fraction of sp³-hybridized carbons (Fsp3) is 0.735. The smallest absolute Gasteiger partial charge is 0.220 e. The van der Waals surface area contributed by atoms with Crippen LogP contribution in [0.3, 0.4) is 0 Å². The molecule has 9 heteroatoms. The van der Waals surface area contributed by atoms with Crippen molar-refractivity contribution in [2.75, 3.05) is 13.2 Å². The lowest BCUT2D eigenvalue weighted by Gasteiger charge is -2.40. The first kappa shape index (κ1) is 53.6. The highest BCUT2D eigenvalue weighted by Crippen LogP contribution is 2.22. The molecule has 6 N–H and O–H groups in total. The van der Waals surface area contributed by atoms with Crippen molar-refractivity contribution in [2.45, 2.75) is 217 Å². The molecule has 58 heavy (non-hydrogen) atoms. The number of amides is 1. The van der Waals surface area contributed by atoms with E-state index in [2.05, 4.69) is 79.9 Å². The summed E-state index contributed by atoms with van der Waals surface area (Å²) in [5, 5.41) is 54.2. The molecule has 1 amide bonds. The summed E-state index contributed by atoms with van der Waals surface area (Å²) in [6.07, 6.45) is 45.1. The number of nitrogens with one attached hydrogen (secondary N) is 1. The largest absolute Gasteiger partial charge is 0.394 e. The summed E-state index contributed by atoms with van der Waals surface area (Å²) >= 11 is 0. The van der Waals surface area contributed by atoms with Gasteiger partial charge in [-0.15, -0.1) is 0 Å². The SMILES string of the molecule is CC/C=C\C/C=C\C/C=C\C/C=C\CCCCCCC(=O)NC(COC1OC(CO)C(O)C(O)C1O)C(O)/C=C/CC/C=C/CCCCCCCCCCCCCC. The van der Waals surface area contributed by atoms with Crippen molar-refractivity contribution in [1.82, 2.24) is 5.32 Å². The third-order valence-electron chi connectivity index (χ3n) is 10.5. The first-order valence-corrected chi connectivity index (χ1v) is 23.2. The van der Waals surface area contributed by atoms with Crippen LogP contribution in [0.1, 0.15) is 174 Å². The van der Waals surface area contributed by atoms with Gasteiger partial charge in [0.2, 0.25) is 5.91 Å². The van der Waals surface area contributed by atoms with E-state index < -0.39 is 49.5 Å². The normalized spacial score (nSPS) is 21.5. The van der Waals surface area contributed by atoms with Crippen LogP contribution in [-0.4, -0.2) is 87.5 Å². The standard InChI is InChI=1S/C49H85NO8/c1-3-5-7-9-11-13-15-17-19-21-23-24-26-28-30-32-34-36-38-43(52)42(41-57-49-48(56)47(55)46(54)44(40-51)58-49)50-45(53)39-37-35-33-31-29-27-25-22-20-18-16-14-12-10-8-6-4-2/h6,8,12,14,18,20,25,27-28,30,36,38,42-44,46-49,51-52,54-56H,3-5,7,9-11,13,15-17,19,21-24,26,29,31-35,37,39-41H2,1-2H3,(H,50,53)/b8-6-,14-12-,20-18-,27-25-,30-28+,38-36+. The van der Waals surface area contributed by atoms with Crippen molar-refractivity contribution in [3.8, 4) is 0 Å². The average Bonchev–Trinajstić information content (AvgIpc) is 3.22. The fourth-order valence-electron chi connectivity index (χ4n) is 6.81. The van der Waals surface area contributed by atoms with Gasteiger partial charge in [-0.1, -0.05) is 170 Å². The highest BCUT2D eigenvalue weighted by molar-refractivity contribution is 5.76. The Bertz CT molecular complexity index is 1130. The molecule has 0 aliphatic carbocycles. The number of ether oxygens (including phenoxy) is 2. The van der Waals surface area contributed by atoms with Crippen LogP contribution in [0.2, 0.25) is 0 Å². The van der Waals surface area contributed by atoms with E-state index >= 15 is 0 Å². The summed E-state index contributed by atoms with van der Waals surface area (Å²) in [6.45, 7) is 3.61. The van der Waals surface area contributed by atoms with Crippen LogP contribution in [0.25, 0.3) is 0 Å². The van der Waals surface area contributed by atoms with Gasteiger partial charge in [-0.3, -0.25) is 4.79 Å². The van der Waals surface area contributed by atoms with Gasteiger partial charge in [-0.2, -0.15) is 0 Å². The summed E-state index contributed by atoms with van der Waals surface area (Å²) in [7, 11) is 0. The molecule has 0 saturated carbocycles. The minimum absolute atomic E-state index is 0.213. The third kappa shape index (κ3) is 29.0. The lowest BCUT2D eigenvalue weighted by molar-refractivity contribution is -0.302. The van der Waals surface area contributed by atoms with Crippen LogP contribution >= 0.6 is 0 Å². The average molecular weight is 816 g/mol. The van der Waals surface area contributed by atoms with Crippen molar-refractivity contribution in [3.05, 3.63) is 72.9 Å². The van der Waals surface area contributed by atoms with E-state index in [0.29, 0.717) is 6.42 Å². The second-order valence-corrected chi connectivity index (χ2v) is 15.8. The Morgan fingerprint density at radius 3 is 1.66 bits per heavy atom. The number of hydrogen-bond donors (Lipinski definition) is 6. The molecular weight excluding hydrogens is 731 g/mol. The van der Waals surface area contributed by atoms with Crippen LogP contribution in [0.15, 0.2) is 72.9 Å². The van der Waals surface area contributed by atoms with E-state index in [4.69, 9.17) is 9.47 Å². The molecule has 7 unspecified atom stereocenters. The third-order valence-corrected chi connectivity index (χ3v) is 10.5. The number of rotatable bonds is 37. The van der Waals surface area contributed by atoms with Gasteiger partial charge in [0.25, 0.3) is 0 Å². The van der Waals surface area contributed by atoms with Gasteiger partial charge in [0, 0.05) is 6.42 Å². The summed E-state index contributed by atoms with van der Waals surface area (Å²) in [5.41, 5.74) is 0. The van der Waals surface area contributed by atoms with Crippen LogP contribution < -0.4 is 5.32 Å². The van der Waals surface area contributed by atoms with Gasteiger partial charge in [-0.05, 0) is 70.6 Å². The number of carbonyl (C=O) groups excluding carboxylic acids is 1. The molecule has 1 fully saturated rings. The molecule has 1 saturated heterocycles. The highest BCUT2D eigenvalue weighted by atomic mass is 16.7. The first-order valence-electron chi connectivity index (χ1n) is 23.2. The molecule has 0 spiro atoms. The molecule has 0 aromatic rings. The molecule has 9 nitrogen and oxygen atoms in total. The zero-order valence-corrected chi connectivity index (χ0v) is 36.5. The molecule has 334 valence electrons. The van der Waals surface area contributed by atoms with Crippen molar-refractivity contribution in [1.29, 1.82) is 0 Å². The Balaban J connectivity index is 2.41. The Morgan fingerprint density at radius 1 is 0.603 bits per heavy atom. The molecule has 1 heterocycles. The quantitative estimate of drug-likeness (QED) is 0.0268. The number of hydrogen-bond acceptors (Lipinski definition) is 8. The van der Waals surface area contributed by atoms with Crippen molar-refractivity contribution < 1.29 is 39.8 Å². The Hall–Kier alpha value is -2.37. The lowest BCUT2D eigenvalue weighted by atomic mass is 9.99.